The number of amidine groups is 1. The van der Waals surface area contributed by atoms with Crippen molar-refractivity contribution >= 4 is 44.9 Å². The van der Waals surface area contributed by atoms with Gasteiger partial charge in [0.1, 0.15) is 11.1 Å². The van der Waals surface area contributed by atoms with Gasteiger partial charge in [0.05, 0.1) is 12.3 Å². The second-order valence-corrected chi connectivity index (χ2v) is 7.74. The Kier molecular flexibility index (Phi) is 3.82. The number of hydrogen-bond acceptors (Lipinski definition) is 6. The van der Waals surface area contributed by atoms with E-state index in [2.05, 4.69) is 24.9 Å². The number of alkyl halides is 2. The van der Waals surface area contributed by atoms with Crippen LogP contribution in [0.2, 0.25) is 0 Å². The van der Waals surface area contributed by atoms with Crippen molar-refractivity contribution < 1.29 is 18.3 Å². The van der Waals surface area contributed by atoms with Crippen LogP contribution < -0.4 is 11.1 Å². The van der Waals surface area contributed by atoms with Crippen LogP contribution in [0, 0.1) is 18.4 Å². The zero-order valence-corrected chi connectivity index (χ0v) is 15.0. The van der Waals surface area contributed by atoms with Gasteiger partial charge in [-0.05, 0) is 19.4 Å². The van der Waals surface area contributed by atoms with Crippen LogP contribution in [0.3, 0.4) is 0 Å². The minimum Gasteiger partial charge on any atom is -0.459 e. The van der Waals surface area contributed by atoms with E-state index in [4.69, 9.17) is 12.3 Å². The number of nitrogens with two attached hydrogens (primary N) is 1. The molecule has 2 aromatic rings. The highest BCUT2D eigenvalue weighted by Crippen LogP contribution is 2.55. The Balaban J connectivity index is 1.53. The van der Waals surface area contributed by atoms with Crippen LogP contribution in [-0.2, 0) is 9.53 Å². The maximum atomic E-state index is 14.4. The van der Waals surface area contributed by atoms with Crippen molar-refractivity contribution in [3.05, 3.63) is 29.1 Å². The number of halogens is 2. The van der Waals surface area contributed by atoms with Gasteiger partial charge >= 0.3 is 5.92 Å². The monoisotopic (exact) mass is 391 g/mol. The van der Waals surface area contributed by atoms with E-state index >= 15 is 0 Å². The number of nitrogens with one attached hydrogen (secondary N) is 1. The molecule has 2 aliphatic rings. The van der Waals surface area contributed by atoms with Gasteiger partial charge in [0.25, 0.3) is 6.02 Å². The fraction of sp³-hybridized carbons (Fsp3) is 0.412. The molecule has 0 spiro atoms. The largest absolute Gasteiger partial charge is 0.459 e. The molecule has 3 atom stereocenters. The number of pyridine rings is 1. The SMILES string of the molecule is [C-]#[N+]c1cnc2c(NC(=O)[C@@H]3C[C@H]3[C@@]3(C)N=C(N)OCC3(F)F)csc2c1. The van der Waals surface area contributed by atoms with Crippen LogP contribution in [0.25, 0.3) is 15.1 Å². The normalized spacial score (nSPS) is 28.7. The molecular formula is C17H15F2N5O2S. The van der Waals surface area contributed by atoms with Crippen molar-refractivity contribution in [1.82, 2.24) is 4.98 Å². The van der Waals surface area contributed by atoms with E-state index in [1.54, 1.807) is 11.4 Å². The quantitative estimate of drug-likeness (QED) is 0.786. The molecule has 0 radical (unpaired) electrons. The maximum absolute atomic E-state index is 14.4. The summed E-state index contributed by atoms with van der Waals surface area (Å²) in [5.41, 5.74) is 5.21. The van der Waals surface area contributed by atoms with Crippen LogP contribution in [-0.4, -0.2) is 35.0 Å². The molecule has 140 valence electrons. The van der Waals surface area contributed by atoms with Crippen molar-refractivity contribution in [3.63, 3.8) is 0 Å². The number of nitrogens with zero attached hydrogens (tertiary/aromatic N) is 3. The third kappa shape index (κ3) is 2.78. The molecule has 1 aliphatic heterocycles. The standard InChI is InChI=1S/C17H15F2N5O2S/c1-16(17(18,19)7-26-15(20)24-16)10-4-9(10)14(25)23-11-6-27-12-3-8(21-2)5-22-13(11)12/h3,5-6,9-10H,4,7H2,1H3,(H2,20,24)(H,23,25)/t9-,10-,16-/m1/s1. The van der Waals surface area contributed by atoms with Gasteiger partial charge < -0.3 is 15.8 Å². The van der Waals surface area contributed by atoms with Gasteiger partial charge in [-0.15, -0.1) is 11.3 Å². The summed E-state index contributed by atoms with van der Waals surface area (Å²) in [6.45, 7) is 7.49. The van der Waals surface area contributed by atoms with Gasteiger partial charge in [0.2, 0.25) is 11.6 Å². The van der Waals surface area contributed by atoms with E-state index in [9.17, 15) is 13.6 Å². The number of aromatic nitrogens is 1. The number of thiophene rings is 1. The van der Waals surface area contributed by atoms with Gasteiger partial charge in [-0.1, -0.05) is 0 Å². The first kappa shape index (κ1) is 17.6. The molecule has 2 aromatic heterocycles. The molecule has 27 heavy (non-hydrogen) atoms. The molecule has 0 aromatic carbocycles. The summed E-state index contributed by atoms with van der Waals surface area (Å²) in [6, 6.07) is 1.41. The lowest BCUT2D eigenvalue weighted by atomic mass is 9.87. The molecule has 0 saturated heterocycles. The van der Waals surface area contributed by atoms with Gasteiger partial charge in [-0.25, -0.2) is 18.6 Å². The average Bonchev–Trinajstić information content (AvgIpc) is 3.36. The highest BCUT2D eigenvalue weighted by molar-refractivity contribution is 7.17. The third-order valence-electron chi connectivity index (χ3n) is 5.12. The van der Waals surface area contributed by atoms with Crippen molar-refractivity contribution in [2.45, 2.75) is 24.8 Å². The lowest BCUT2D eigenvalue weighted by Gasteiger charge is -2.37. The second-order valence-electron chi connectivity index (χ2n) is 6.83. The van der Waals surface area contributed by atoms with E-state index in [1.165, 1.54) is 24.5 Å². The zero-order chi connectivity index (χ0) is 19.4. The summed E-state index contributed by atoms with van der Waals surface area (Å²) in [7, 11) is 0. The van der Waals surface area contributed by atoms with E-state index in [0.717, 1.165) is 4.70 Å². The van der Waals surface area contributed by atoms with E-state index in [1.807, 2.05) is 0 Å². The number of carbonyl (C=O) groups excluding carboxylic acids is 1. The molecule has 4 rings (SSSR count). The van der Waals surface area contributed by atoms with Crippen LogP contribution in [0.15, 0.2) is 22.6 Å². The van der Waals surface area contributed by atoms with Gasteiger partial charge in [-0.2, -0.15) is 0 Å². The van der Waals surface area contributed by atoms with Crippen molar-refractivity contribution in [2.75, 3.05) is 11.9 Å². The lowest BCUT2D eigenvalue weighted by Crippen LogP contribution is -2.55. The smallest absolute Gasteiger partial charge is 0.306 e. The number of carbonyl (C=O) groups is 1. The Labute approximate surface area is 157 Å². The van der Waals surface area contributed by atoms with Gasteiger partial charge in [0.15, 0.2) is 6.61 Å². The Morgan fingerprint density at radius 2 is 2.33 bits per heavy atom. The van der Waals surface area contributed by atoms with Crippen molar-refractivity contribution in [3.8, 4) is 0 Å². The average molecular weight is 391 g/mol. The highest BCUT2D eigenvalue weighted by atomic mass is 32.1. The number of fused-ring (bicyclic) bond motifs is 1. The molecule has 1 aliphatic carbocycles. The van der Waals surface area contributed by atoms with Gasteiger partial charge in [0, 0.05) is 28.1 Å². The molecule has 3 N–H and O–H groups in total. The summed E-state index contributed by atoms with van der Waals surface area (Å²) in [4.78, 5) is 23.9. The summed E-state index contributed by atoms with van der Waals surface area (Å²) >= 11 is 1.35. The third-order valence-corrected chi connectivity index (χ3v) is 6.04. The summed E-state index contributed by atoms with van der Waals surface area (Å²) in [5.74, 6) is -4.77. The van der Waals surface area contributed by atoms with E-state index in [0.29, 0.717) is 23.3 Å². The summed E-state index contributed by atoms with van der Waals surface area (Å²) in [5, 5.41) is 4.49. The highest BCUT2D eigenvalue weighted by Gasteiger charge is 2.66. The Morgan fingerprint density at radius 1 is 1.56 bits per heavy atom. The second kappa shape index (κ2) is 5.85. The Morgan fingerprint density at radius 3 is 3.07 bits per heavy atom. The van der Waals surface area contributed by atoms with Crippen molar-refractivity contribution in [1.29, 1.82) is 0 Å². The minimum atomic E-state index is -3.21. The molecule has 1 saturated carbocycles. The number of amides is 1. The van der Waals surface area contributed by atoms with Crippen molar-refractivity contribution in [2.24, 2.45) is 22.6 Å². The van der Waals surface area contributed by atoms with Crippen LogP contribution in [0.5, 0.6) is 0 Å². The predicted molar refractivity (Wildman–Crippen MR) is 97.0 cm³/mol. The first-order chi connectivity index (χ1) is 12.7. The zero-order valence-electron chi connectivity index (χ0n) is 14.2. The number of anilines is 1. The molecule has 10 heteroatoms. The summed E-state index contributed by atoms with van der Waals surface area (Å²) < 4.78 is 34.2. The fourth-order valence-electron chi connectivity index (χ4n) is 3.39. The minimum absolute atomic E-state index is 0.280. The molecular weight excluding hydrogens is 376 g/mol. The number of hydrogen-bond donors (Lipinski definition) is 2. The number of aliphatic imine (C=N–C) groups is 1. The van der Waals surface area contributed by atoms with E-state index in [-0.39, 0.29) is 11.9 Å². The Hall–Kier alpha value is -2.80. The topological polar surface area (TPSA) is 94.0 Å². The molecule has 1 fully saturated rings. The summed E-state index contributed by atoms with van der Waals surface area (Å²) in [6.07, 6.45) is 1.73. The molecule has 0 bridgehead atoms. The number of ether oxygens (including phenoxy) is 1. The van der Waals surface area contributed by atoms with Crippen LogP contribution in [0.1, 0.15) is 13.3 Å². The molecule has 0 unspecified atom stereocenters. The first-order valence-corrected chi connectivity index (χ1v) is 9.04. The molecule has 3 heterocycles. The van der Waals surface area contributed by atoms with Crippen LogP contribution >= 0.6 is 11.3 Å². The Bertz CT molecular complexity index is 1010. The molecule has 7 nitrogen and oxygen atoms in total. The predicted octanol–water partition coefficient (Wildman–Crippen LogP) is 3.16. The first-order valence-electron chi connectivity index (χ1n) is 8.17. The number of rotatable bonds is 3. The fourth-order valence-corrected chi connectivity index (χ4v) is 4.27. The van der Waals surface area contributed by atoms with E-state index < -0.39 is 29.9 Å². The van der Waals surface area contributed by atoms with Crippen LogP contribution in [0.4, 0.5) is 20.2 Å². The molecule has 1 amide bonds. The van der Waals surface area contributed by atoms with Gasteiger partial charge in [-0.3, -0.25) is 9.78 Å². The maximum Gasteiger partial charge on any atom is 0.306 e. The lowest BCUT2D eigenvalue weighted by molar-refractivity contribution is -0.127.